The summed E-state index contributed by atoms with van der Waals surface area (Å²) in [5, 5.41) is 15.3. The predicted molar refractivity (Wildman–Crippen MR) is 79.8 cm³/mol. The molecule has 1 aliphatic heterocycles. The average molecular weight is 300 g/mol. The van der Waals surface area contributed by atoms with Crippen LogP contribution in [0.1, 0.15) is 39.5 Å². The Morgan fingerprint density at radius 3 is 3.16 bits per heavy atom. The number of nitrogens with one attached hydrogen (secondary N) is 2. The normalized spacial score (nSPS) is 21.6. The van der Waals surface area contributed by atoms with Crippen LogP contribution in [0.2, 0.25) is 0 Å². The van der Waals surface area contributed by atoms with E-state index in [2.05, 4.69) is 34.7 Å². The first-order valence-corrected chi connectivity index (χ1v) is 8.43. The van der Waals surface area contributed by atoms with Crippen molar-refractivity contribution in [3.8, 4) is 0 Å². The summed E-state index contributed by atoms with van der Waals surface area (Å²) in [6, 6.07) is 0.395. The van der Waals surface area contributed by atoms with E-state index >= 15 is 0 Å². The summed E-state index contributed by atoms with van der Waals surface area (Å²) in [6.45, 7) is 5.05. The molecule has 7 heteroatoms. The van der Waals surface area contributed by atoms with E-state index < -0.39 is 0 Å². The van der Waals surface area contributed by atoms with E-state index in [0.717, 1.165) is 41.7 Å². The van der Waals surface area contributed by atoms with Gasteiger partial charge in [0.2, 0.25) is 11.0 Å². The SMILES string of the molecule is CC[C@@H](C)Nc1nnc(S[C@@H]2CCCCNC2=O)s1. The minimum Gasteiger partial charge on any atom is -0.358 e. The predicted octanol–water partition coefficient (Wildman–Crippen LogP) is 2.51. The number of amides is 1. The van der Waals surface area contributed by atoms with Gasteiger partial charge in [0.1, 0.15) is 0 Å². The molecule has 5 nitrogen and oxygen atoms in total. The maximum Gasteiger partial charge on any atom is 0.233 e. The van der Waals surface area contributed by atoms with Crippen molar-refractivity contribution >= 4 is 34.1 Å². The van der Waals surface area contributed by atoms with Gasteiger partial charge in [-0.3, -0.25) is 4.79 Å². The molecule has 0 spiro atoms. The van der Waals surface area contributed by atoms with Crippen LogP contribution in [0.3, 0.4) is 0 Å². The standard InChI is InChI=1S/C12H20N4OS2/c1-3-8(2)14-11-15-16-12(19-11)18-9-6-4-5-7-13-10(9)17/h8-9H,3-7H2,1-2H3,(H,13,17)(H,14,15)/t8-,9-/m1/s1. The second-order valence-corrected chi connectivity index (χ2v) is 7.15. The van der Waals surface area contributed by atoms with Gasteiger partial charge in [0.25, 0.3) is 0 Å². The van der Waals surface area contributed by atoms with Crippen molar-refractivity contribution in [2.75, 3.05) is 11.9 Å². The van der Waals surface area contributed by atoms with E-state index in [1.807, 2.05) is 0 Å². The van der Waals surface area contributed by atoms with Crippen molar-refractivity contribution in [3.63, 3.8) is 0 Å². The third kappa shape index (κ3) is 4.35. The van der Waals surface area contributed by atoms with E-state index in [-0.39, 0.29) is 11.2 Å². The van der Waals surface area contributed by atoms with Crippen LogP contribution in [-0.2, 0) is 4.79 Å². The Bertz CT molecular complexity index is 424. The number of carbonyl (C=O) groups is 1. The first-order chi connectivity index (χ1) is 9.19. The molecule has 1 aromatic heterocycles. The highest BCUT2D eigenvalue weighted by molar-refractivity contribution is 8.02. The number of hydrogen-bond acceptors (Lipinski definition) is 6. The highest BCUT2D eigenvalue weighted by Crippen LogP contribution is 2.32. The molecule has 1 aliphatic rings. The monoisotopic (exact) mass is 300 g/mol. The zero-order chi connectivity index (χ0) is 13.7. The highest BCUT2D eigenvalue weighted by Gasteiger charge is 2.23. The minimum absolute atomic E-state index is 0.0214. The summed E-state index contributed by atoms with van der Waals surface area (Å²) in [5.74, 6) is 0.133. The molecular weight excluding hydrogens is 280 g/mol. The Balaban J connectivity index is 1.93. The van der Waals surface area contributed by atoms with Gasteiger partial charge in [-0.1, -0.05) is 36.4 Å². The fourth-order valence-electron chi connectivity index (χ4n) is 1.77. The number of rotatable bonds is 5. The Morgan fingerprint density at radius 2 is 2.37 bits per heavy atom. The lowest BCUT2D eigenvalue weighted by Gasteiger charge is -2.10. The first-order valence-electron chi connectivity index (χ1n) is 6.73. The lowest BCUT2D eigenvalue weighted by molar-refractivity contribution is -0.120. The Labute approximate surface area is 122 Å². The summed E-state index contributed by atoms with van der Waals surface area (Å²) in [4.78, 5) is 11.9. The van der Waals surface area contributed by atoms with Gasteiger partial charge in [0.15, 0.2) is 4.34 Å². The molecule has 0 unspecified atom stereocenters. The molecule has 2 N–H and O–H groups in total. The summed E-state index contributed by atoms with van der Waals surface area (Å²) in [5.41, 5.74) is 0. The van der Waals surface area contributed by atoms with Crippen molar-refractivity contribution in [2.45, 2.75) is 55.2 Å². The molecule has 0 aromatic carbocycles. The lowest BCUT2D eigenvalue weighted by atomic mass is 10.2. The summed E-state index contributed by atoms with van der Waals surface area (Å²) < 4.78 is 0.868. The molecule has 0 aliphatic carbocycles. The van der Waals surface area contributed by atoms with Crippen molar-refractivity contribution in [3.05, 3.63) is 0 Å². The summed E-state index contributed by atoms with van der Waals surface area (Å²) in [7, 11) is 0. The number of aromatic nitrogens is 2. The zero-order valence-electron chi connectivity index (χ0n) is 11.3. The van der Waals surface area contributed by atoms with Crippen LogP contribution in [0, 0.1) is 0 Å². The molecule has 1 fully saturated rings. The maximum absolute atomic E-state index is 11.9. The van der Waals surface area contributed by atoms with E-state index in [4.69, 9.17) is 0 Å². The van der Waals surface area contributed by atoms with Crippen LogP contribution < -0.4 is 10.6 Å². The van der Waals surface area contributed by atoms with Crippen LogP contribution in [0.25, 0.3) is 0 Å². The van der Waals surface area contributed by atoms with Gasteiger partial charge in [-0.05, 0) is 26.2 Å². The van der Waals surface area contributed by atoms with Crippen LogP contribution in [0.5, 0.6) is 0 Å². The Hall–Kier alpha value is -0.820. The Kier molecular flexibility index (Phi) is 5.45. The van der Waals surface area contributed by atoms with Gasteiger partial charge in [0, 0.05) is 12.6 Å². The second-order valence-electron chi connectivity index (χ2n) is 4.72. The van der Waals surface area contributed by atoms with Gasteiger partial charge in [-0.15, -0.1) is 10.2 Å². The van der Waals surface area contributed by atoms with Crippen molar-refractivity contribution in [1.29, 1.82) is 0 Å². The molecule has 0 bridgehead atoms. The fraction of sp³-hybridized carbons (Fsp3) is 0.750. The number of carbonyl (C=O) groups excluding carboxylic acids is 1. The molecule has 19 heavy (non-hydrogen) atoms. The second kappa shape index (κ2) is 7.09. The topological polar surface area (TPSA) is 66.9 Å². The molecule has 0 radical (unpaired) electrons. The molecule has 2 heterocycles. The quantitative estimate of drug-likeness (QED) is 0.874. The number of hydrogen-bond donors (Lipinski definition) is 2. The van der Waals surface area contributed by atoms with Gasteiger partial charge in [-0.25, -0.2) is 0 Å². The van der Waals surface area contributed by atoms with Crippen molar-refractivity contribution in [2.24, 2.45) is 0 Å². The molecule has 1 amide bonds. The number of nitrogens with zero attached hydrogens (tertiary/aromatic N) is 2. The van der Waals surface area contributed by atoms with E-state index in [0.29, 0.717) is 6.04 Å². The lowest BCUT2D eigenvalue weighted by Crippen LogP contribution is -2.30. The maximum atomic E-state index is 11.9. The smallest absolute Gasteiger partial charge is 0.233 e. The highest BCUT2D eigenvalue weighted by atomic mass is 32.2. The van der Waals surface area contributed by atoms with Gasteiger partial charge in [0.05, 0.1) is 5.25 Å². The van der Waals surface area contributed by atoms with Crippen molar-refractivity contribution < 1.29 is 4.79 Å². The van der Waals surface area contributed by atoms with E-state index in [1.165, 1.54) is 23.1 Å². The summed E-state index contributed by atoms with van der Waals surface area (Å²) >= 11 is 3.06. The zero-order valence-corrected chi connectivity index (χ0v) is 12.9. The van der Waals surface area contributed by atoms with Crippen molar-refractivity contribution in [1.82, 2.24) is 15.5 Å². The molecule has 1 saturated heterocycles. The van der Waals surface area contributed by atoms with Gasteiger partial charge < -0.3 is 10.6 Å². The third-order valence-electron chi connectivity index (χ3n) is 3.12. The number of thioether (sulfide) groups is 1. The number of anilines is 1. The van der Waals surface area contributed by atoms with Crippen LogP contribution in [-0.4, -0.2) is 33.9 Å². The first kappa shape index (κ1) is 14.6. The molecule has 0 saturated carbocycles. The average Bonchev–Trinajstić information content (AvgIpc) is 2.73. The largest absolute Gasteiger partial charge is 0.358 e. The van der Waals surface area contributed by atoms with Gasteiger partial charge >= 0.3 is 0 Å². The van der Waals surface area contributed by atoms with Crippen LogP contribution >= 0.6 is 23.1 Å². The van der Waals surface area contributed by atoms with E-state index in [9.17, 15) is 4.79 Å². The molecule has 2 atom stereocenters. The third-order valence-corrected chi connectivity index (χ3v) is 5.32. The fourth-order valence-corrected chi connectivity index (χ4v) is 3.95. The van der Waals surface area contributed by atoms with Crippen LogP contribution in [0.15, 0.2) is 4.34 Å². The van der Waals surface area contributed by atoms with E-state index in [1.54, 1.807) is 0 Å². The molecule has 1 aromatic rings. The van der Waals surface area contributed by atoms with Crippen LogP contribution in [0.4, 0.5) is 5.13 Å². The molecular formula is C12H20N4OS2. The minimum atomic E-state index is -0.0214. The summed E-state index contributed by atoms with van der Waals surface area (Å²) in [6.07, 6.45) is 4.13. The van der Waals surface area contributed by atoms with Gasteiger partial charge in [-0.2, -0.15) is 0 Å². The molecule has 2 rings (SSSR count). The molecule has 106 valence electrons. The Morgan fingerprint density at radius 1 is 1.53 bits per heavy atom.